The van der Waals surface area contributed by atoms with Gasteiger partial charge in [-0.3, -0.25) is 9.59 Å². The third-order valence-electron chi connectivity index (χ3n) is 2.85. The van der Waals surface area contributed by atoms with Crippen molar-refractivity contribution >= 4 is 12.2 Å². The molecule has 1 aliphatic rings. The molecule has 96 valence electrons. The fraction of sp³-hybridized carbons (Fsp3) is 0.385. The highest BCUT2D eigenvalue weighted by Gasteiger charge is 2.21. The molecule has 18 heavy (non-hydrogen) atoms. The van der Waals surface area contributed by atoms with Crippen LogP contribution in [0.25, 0.3) is 0 Å². The minimum Gasteiger partial charge on any atom is -0.493 e. The second-order valence-electron chi connectivity index (χ2n) is 4.14. The lowest BCUT2D eigenvalue weighted by molar-refractivity contribution is -0.119. The van der Waals surface area contributed by atoms with Crippen molar-refractivity contribution in [3.63, 3.8) is 0 Å². The lowest BCUT2D eigenvalue weighted by Crippen LogP contribution is -2.30. The standard InChI is InChI=1S/C13H15NO4/c1-17-12-6-9(7-15)2-4-11(12)18-8-10-3-5-13(16)14-10/h2,4,6-7,10H,3,5,8H2,1H3,(H,14,16). The lowest BCUT2D eigenvalue weighted by Gasteiger charge is -2.14. The van der Waals surface area contributed by atoms with E-state index >= 15 is 0 Å². The van der Waals surface area contributed by atoms with Gasteiger partial charge in [0.25, 0.3) is 0 Å². The Labute approximate surface area is 105 Å². The molecule has 1 amide bonds. The Morgan fingerprint density at radius 3 is 2.89 bits per heavy atom. The molecular weight excluding hydrogens is 234 g/mol. The van der Waals surface area contributed by atoms with Crippen molar-refractivity contribution in [2.24, 2.45) is 0 Å². The van der Waals surface area contributed by atoms with Crippen LogP contribution in [0.5, 0.6) is 11.5 Å². The summed E-state index contributed by atoms with van der Waals surface area (Å²) >= 11 is 0. The Morgan fingerprint density at radius 2 is 2.28 bits per heavy atom. The van der Waals surface area contributed by atoms with Gasteiger partial charge in [-0.1, -0.05) is 0 Å². The fourth-order valence-corrected chi connectivity index (χ4v) is 1.87. The molecule has 1 unspecified atom stereocenters. The molecule has 5 heteroatoms. The van der Waals surface area contributed by atoms with E-state index in [0.717, 1.165) is 12.7 Å². The van der Waals surface area contributed by atoms with E-state index in [1.807, 2.05) is 0 Å². The van der Waals surface area contributed by atoms with Gasteiger partial charge in [-0.15, -0.1) is 0 Å². The van der Waals surface area contributed by atoms with Crippen molar-refractivity contribution in [2.75, 3.05) is 13.7 Å². The van der Waals surface area contributed by atoms with Crippen molar-refractivity contribution in [3.8, 4) is 11.5 Å². The minimum absolute atomic E-state index is 0.0490. The Balaban J connectivity index is 2.00. The predicted octanol–water partition coefficient (Wildman–Crippen LogP) is 1.17. The van der Waals surface area contributed by atoms with Gasteiger partial charge < -0.3 is 14.8 Å². The summed E-state index contributed by atoms with van der Waals surface area (Å²) in [7, 11) is 1.52. The molecule has 1 aliphatic heterocycles. The summed E-state index contributed by atoms with van der Waals surface area (Å²) in [5, 5.41) is 2.82. The number of nitrogens with one attached hydrogen (secondary N) is 1. The molecule has 1 aromatic carbocycles. The molecular formula is C13H15NO4. The molecule has 0 aliphatic carbocycles. The van der Waals surface area contributed by atoms with Crippen molar-refractivity contribution < 1.29 is 19.1 Å². The molecule has 0 bridgehead atoms. The van der Waals surface area contributed by atoms with E-state index in [1.165, 1.54) is 7.11 Å². The molecule has 1 atom stereocenters. The van der Waals surface area contributed by atoms with Gasteiger partial charge in [0.2, 0.25) is 5.91 Å². The molecule has 1 aromatic rings. The fourth-order valence-electron chi connectivity index (χ4n) is 1.87. The van der Waals surface area contributed by atoms with Crippen LogP contribution in [0.15, 0.2) is 18.2 Å². The molecule has 2 rings (SSSR count). The van der Waals surface area contributed by atoms with Crippen LogP contribution < -0.4 is 14.8 Å². The highest BCUT2D eigenvalue weighted by Crippen LogP contribution is 2.28. The molecule has 0 aromatic heterocycles. The first-order valence-electron chi connectivity index (χ1n) is 5.78. The topological polar surface area (TPSA) is 64.6 Å². The van der Waals surface area contributed by atoms with Crippen LogP contribution in [-0.2, 0) is 4.79 Å². The third kappa shape index (κ3) is 2.80. The van der Waals surface area contributed by atoms with Crippen molar-refractivity contribution in [2.45, 2.75) is 18.9 Å². The Morgan fingerprint density at radius 1 is 1.44 bits per heavy atom. The van der Waals surface area contributed by atoms with Crippen LogP contribution in [0.2, 0.25) is 0 Å². The molecule has 0 radical (unpaired) electrons. The van der Waals surface area contributed by atoms with Crippen LogP contribution in [0.1, 0.15) is 23.2 Å². The van der Waals surface area contributed by atoms with Crippen LogP contribution in [-0.4, -0.2) is 32.0 Å². The molecule has 1 N–H and O–H groups in total. The summed E-state index contributed by atoms with van der Waals surface area (Å²) < 4.78 is 10.8. The van der Waals surface area contributed by atoms with Gasteiger partial charge in [-0.25, -0.2) is 0 Å². The molecule has 1 saturated heterocycles. The lowest BCUT2D eigenvalue weighted by atomic mass is 10.2. The third-order valence-corrected chi connectivity index (χ3v) is 2.85. The second-order valence-corrected chi connectivity index (χ2v) is 4.14. The normalized spacial score (nSPS) is 18.3. The Bertz CT molecular complexity index is 458. The van der Waals surface area contributed by atoms with Gasteiger partial charge in [0.1, 0.15) is 12.9 Å². The maximum atomic E-state index is 11.0. The zero-order chi connectivity index (χ0) is 13.0. The van der Waals surface area contributed by atoms with Crippen LogP contribution in [0, 0.1) is 0 Å². The summed E-state index contributed by atoms with van der Waals surface area (Å²) in [6.45, 7) is 0.405. The Hall–Kier alpha value is -2.04. The first-order chi connectivity index (χ1) is 8.72. The van der Waals surface area contributed by atoms with E-state index in [0.29, 0.717) is 30.1 Å². The van der Waals surface area contributed by atoms with Crippen molar-refractivity contribution in [3.05, 3.63) is 23.8 Å². The maximum absolute atomic E-state index is 11.0. The summed E-state index contributed by atoms with van der Waals surface area (Å²) in [6, 6.07) is 5.03. The number of aldehydes is 1. The van der Waals surface area contributed by atoms with E-state index in [-0.39, 0.29) is 11.9 Å². The van der Waals surface area contributed by atoms with Gasteiger partial charge >= 0.3 is 0 Å². The molecule has 0 saturated carbocycles. The summed E-state index contributed by atoms with van der Waals surface area (Å²) in [5.74, 6) is 1.15. The molecule has 1 heterocycles. The first-order valence-corrected chi connectivity index (χ1v) is 5.78. The SMILES string of the molecule is COc1cc(C=O)ccc1OCC1CCC(=O)N1. The van der Waals surface area contributed by atoms with Crippen LogP contribution in [0.3, 0.4) is 0 Å². The molecule has 5 nitrogen and oxygen atoms in total. The van der Waals surface area contributed by atoms with Crippen LogP contribution >= 0.6 is 0 Å². The summed E-state index contributed by atoms with van der Waals surface area (Å²) in [6.07, 6.45) is 2.09. The minimum atomic E-state index is 0.0490. The number of ether oxygens (including phenoxy) is 2. The number of hydrogen-bond acceptors (Lipinski definition) is 4. The van der Waals surface area contributed by atoms with Gasteiger partial charge in [0.15, 0.2) is 11.5 Å². The van der Waals surface area contributed by atoms with E-state index in [4.69, 9.17) is 9.47 Å². The van der Waals surface area contributed by atoms with E-state index in [9.17, 15) is 9.59 Å². The maximum Gasteiger partial charge on any atom is 0.220 e. The number of carbonyl (C=O) groups excluding carboxylic acids is 2. The number of methoxy groups -OCH3 is 1. The molecule has 0 spiro atoms. The monoisotopic (exact) mass is 249 g/mol. The zero-order valence-corrected chi connectivity index (χ0v) is 10.1. The largest absolute Gasteiger partial charge is 0.493 e. The van der Waals surface area contributed by atoms with Gasteiger partial charge in [0, 0.05) is 12.0 Å². The van der Waals surface area contributed by atoms with Gasteiger partial charge in [-0.05, 0) is 24.6 Å². The zero-order valence-electron chi connectivity index (χ0n) is 10.1. The number of amides is 1. The van der Waals surface area contributed by atoms with E-state index < -0.39 is 0 Å². The number of benzene rings is 1. The average Bonchev–Trinajstić information content (AvgIpc) is 2.82. The summed E-state index contributed by atoms with van der Waals surface area (Å²) in [5.41, 5.74) is 0.536. The predicted molar refractivity (Wildman–Crippen MR) is 65.0 cm³/mol. The van der Waals surface area contributed by atoms with E-state index in [1.54, 1.807) is 18.2 Å². The number of carbonyl (C=O) groups is 2. The van der Waals surface area contributed by atoms with Gasteiger partial charge in [0.05, 0.1) is 13.2 Å². The van der Waals surface area contributed by atoms with Crippen molar-refractivity contribution in [1.82, 2.24) is 5.32 Å². The smallest absolute Gasteiger partial charge is 0.220 e. The van der Waals surface area contributed by atoms with E-state index in [2.05, 4.69) is 5.32 Å². The van der Waals surface area contributed by atoms with Crippen molar-refractivity contribution in [1.29, 1.82) is 0 Å². The highest BCUT2D eigenvalue weighted by atomic mass is 16.5. The Kier molecular flexibility index (Phi) is 3.82. The molecule has 1 fully saturated rings. The number of rotatable bonds is 5. The highest BCUT2D eigenvalue weighted by molar-refractivity contribution is 5.78. The van der Waals surface area contributed by atoms with Crippen LogP contribution in [0.4, 0.5) is 0 Å². The average molecular weight is 249 g/mol. The summed E-state index contributed by atoms with van der Waals surface area (Å²) in [4.78, 5) is 21.7. The quantitative estimate of drug-likeness (QED) is 0.795. The number of hydrogen-bond donors (Lipinski definition) is 1. The first kappa shape index (κ1) is 12.4. The second kappa shape index (κ2) is 5.53. The van der Waals surface area contributed by atoms with Gasteiger partial charge in [-0.2, -0.15) is 0 Å².